The first kappa shape index (κ1) is 15.7. The third kappa shape index (κ3) is 4.16. The highest BCUT2D eigenvalue weighted by atomic mass is 32.2. The monoisotopic (exact) mass is 303 g/mol. The lowest BCUT2D eigenvalue weighted by atomic mass is 10.0. The van der Waals surface area contributed by atoms with Gasteiger partial charge in [0.2, 0.25) is 10.0 Å². The van der Waals surface area contributed by atoms with Crippen LogP contribution in [0.25, 0.3) is 0 Å². The summed E-state index contributed by atoms with van der Waals surface area (Å²) in [6.07, 6.45) is 0. The average Bonchev–Trinajstić information content (AvgIpc) is 2.47. The van der Waals surface area contributed by atoms with Crippen molar-refractivity contribution in [3.8, 4) is 0 Å². The molecule has 1 N–H and O–H groups in total. The van der Waals surface area contributed by atoms with Crippen LogP contribution in [0.2, 0.25) is 0 Å². The summed E-state index contributed by atoms with van der Waals surface area (Å²) in [5, 5.41) is 0. The van der Waals surface area contributed by atoms with E-state index in [0.29, 0.717) is 17.4 Å². The molecule has 0 atom stereocenters. The summed E-state index contributed by atoms with van der Waals surface area (Å²) in [6, 6.07) is 14.9. The van der Waals surface area contributed by atoms with Gasteiger partial charge in [-0.2, -0.15) is 0 Å². The van der Waals surface area contributed by atoms with Crippen LogP contribution in [0.3, 0.4) is 0 Å². The lowest BCUT2D eigenvalue weighted by Gasteiger charge is -2.09. The summed E-state index contributed by atoms with van der Waals surface area (Å²) in [7, 11) is -3.46. The van der Waals surface area contributed by atoms with Gasteiger partial charge >= 0.3 is 0 Å². The predicted octanol–water partition coefficient (Wildman–Crippen LogP) is 3.60. The summed E-state index contributed by atoms with van der Waals surface area (Å²) < 4.78 is 27.1. The molecule has 0 aromatic heterocycles. The fraction of sp³-hybridized carbons (Fsp3) is 0.294. The van der Waals surface area contributed by atoms with Crippen LogP contribution in [-0.2, 0) is 16.6 Å². The van der Waals surface area contributed by atoms with Crippen LogP contribution in [0.15, 0.2) is 53.4 Å². The van der Waals surface area contributed by atoms with E-state index in [2.05, 4.69) is 18.6 Å². The lowest BCUT2D eigenvalue weighted by molar-refractivity contribution is 0.581. The average molecular weight is 303 g/mol. The van der Waals surface area contributed by atoms with Crippen molar-refractivity contribution in [1.82, 2.24) is 4.72 Å². The summed E-state index contributed by atoms with van der Waals surface area (Å²) in [5.74, 6) is 0.391. The van der Waals surface area contributed by atoms with Crippen LogP contribution in [0, 0.1) is 6.92 Å². The second-order valence-corrected chi connectivity index (χ2v) is 7.30. The molecule has 112 valence electrons. The zero-order chi connectivity index (χ0) is 15.5. The Hall–Kier alpha value is -1.65. The molecule has 21 heavy (non-hydrogen) atoms. The van der Waals surface area contributed by atoms with Gasteiger partial charge < -0.3 is 0 Å². The van der Waals surface area contributed by atoms with Crippen molar-refractivity contribution in [2.45, 2.75) is 38.1 Å². The van der Waals surface area contributed by atoms with Gasteiger partial charge in [-0.1, -0.05) is 55.8 Å². The smallest absolute Gasteiger partial charge is 0.207 e. The number of sulfonamides is 1. The van der Waals surface area contributed by atoms with Crippen LogP contribution < -0.4 is 4.72 Å². The van der Waals surface area contributed by atoms with Gasteiger partial charge in [-0.05, 0) is 36.1 Å². The van der Waals surface area contributed by atoms with Gasteiger partial charge in [0.25, 0.3) is 0 Å². The van der Waals surface area contributed by atoms with E-state index in [-0.39, 0.29) is 0 Å². The van der Waals surface area contributed by atoms with E-state index in [1.807, 2.05) is 43.3 Å². The van der Waals surface area contributed by atoms with Crippen molar-refractivity contribution in [2.24, 2.45) is 0 Å². The van der Waals surface area contributed by atoms with Gasteiger partial charge in [-0.15, -0.1) is 0 Å². The van der Waals surface area contributed by atoms with Gasteiger partial charge in [-0.25, -0.2) is 13.1 Å². The molecule has 2 aromatic rings. The van der Waals surface area contributed by atoms with Gasteiger partial charge in [0, 0.05) is 6.54 Å². The Kier molecular flexibility index (Phi) is 4.80. The molecule has 0 fully saturated rings. The quantitative estimate of drug-likeness (QED) is 0.917. The molecule has 2 rings (SSSR count). The Balaban J connectivity index is 2.09. The Morgan fingerprint density at radius 1 is 0.952 bits per heavy atom. The van der Waals surface area contributed by atoms with Crippen molar-refractivity contribution in [3.63, 3.8) is 0 Å². The molecule has 4 heteroatoms. The summed E-state index contributed by atoms with van der Waals surface area (Å²) in [4.78, 5) is 0.305. The van der Waals surface area contributed by atoms with E-state index in [4.69, 9.17) is 0 Å². The van der Waals surface area contributed by atoms with E-state index in [0.717, 1.165) is 16.7 Å². The van der Waals surface area contributed by atoms with E-state index in [9.17, 15) is 8.42 Å². The zero-order valence-corrected chi connectivity index (χ0v) is 13.4. The van der Waals surface area contributed by atoms with Crippen LogP contribution in [0.1, 0.15) is 36.5 Å². The Morgan fingerprint density at radius 3 is 2.05 bits per heavy atom. The largest absolute Gasteiger partial charge is 0.240 e. The second-order valence-electron chi connectivity index (χ2n) is 5.53. The molecular weight excluding hydrogens is 282 g/mol. The molecule has 0 radical (unpaired) electrons. The zero-order valence-electron chi connectivity index (χ0n) is 12.6. The first-order valence-corrected chi connectivity index (χ1v) is 8.52. The van der Waals surface area contributed by atoms with E-state index in [1.165, 1.54) is 0 Å². The Labute approximate surface area is 127 Å². The minimum Gasteiger partial charge on any atom is -0.207 e. The number of aryl methyl sites for hydroxylation is 1. The van der Waals surface area contributed by atoms with Crippen LogP contribution >= 0.6 is 0 Å². The molecule has 0 unspecified atom stereocenters. The number of nitrogens with one attached hydrogen (secondary N) is 1. The Morgan fingerprint density at radius 2 is 1.52 bits per heavy atom. The Bertz CT molecular complexity index is 687. The molecule has 0 aliphatic rings. The molecule has 0 aliphatic carbocycles. The lowest BCUT2D eigenvalue weighted by Crippen LogP contribution is -2.23. The van der Waals surface area contributed by atoms with Crippen molar-refractivity contribution in [2.75, 3.05) is 0 Å². The first-order valence-electron chi connectivity index (χ1n) is 7.03. The highest BCUT2D eigenvalue weighted by Crippen LogP contribution is 2.17. The summed E-state index contributed by atoms with van der Waals surface area (Å²) in [6.45, 7) is 6.47. The maximum atomic E-state index is 12.2. The predicted molar refractivity (Wildman–Crippen MR) is 85.7 cm³/mol. The minimum atomic E-state index is -3.46. The van der Waals surface area contributed by atoms with Crippen molar-refractivity contribution in [3.05, 3.63) is 65.2 Å². The third-order valence-corrected chi connectivity index (χ3v) is 4.86. The maximum absolute atomic E-state index is 12.2. The molecular formula is C17H21NO2S. The van der Waals surface area contributed by atoms with E-state index >= 15 is 0 Å². The maximum Gasteiger partial charge on any atom is 0.240 e. The molecule has 0 amide bonds. The highest BCUT2D eigenvalue weighted by Gasteiger charge is 2.13. The molecule has 0 bridgehead atoms. The SMILES string of the molecule is Cc1ccc(CNS(=O)(=O)c2ccc(C(C)C)cc2)cc1. The molecule has 0 spiro atoms. The summed E-state index contributed by atoms with van der Waals surface area (Å²) >= 11 is 0. The molecule has 0 saturated heterocycles. The topological polar surface area (TPSA) is 46.2 Å². The fourth-order valence-electron chi connectivity index (χ4n) is 2.00. The van der Waals surface area contributed by atoms with Crippen LogP contribution in [0.4, 0.5) is 0 Å². The van der Waals surface area contributed by atoms with E-state index in [1.54, 1.807) is 12.1 Å². The van der Waals surface area contributed by atoms with Crippen LogP contribution in [0.5, 0.6) is 0 Å². The molecule has 0 heterocycles. The number of rotatable bonds is 5. The number of benzene rings is 2. The van der Waals surface area contributed by atoms with Crippen molar-refractivity contribution in [1.29, 1.82) is 0 Å². The van der Waals surface area contributed by atoms with Gasteiger partial charge in [-0.3, -0.25) is 0 Å². The second kappa shape index (κ2) is 6.41. The number of hydrogen-bond donors (Lipinski definition) is 1. The van der Waals surface area contributed by atoms with Crippen LogP contribution in [-0.4, -0.2) is 8.42 Å². The molecule has 2 aromatic carbocycles. The standard InChI is InChI=1S/C17H21NO2S/c1-13(2)16-8-10-17(11-9-16)21(19,20)18-12-15-6-4-14(3)5-7-15/h4-11,13,18H,12H2,1-3H3. The molecule has 3 nitrogen and oxygen atoms in total. The molecule has 0 saturated carbocycles. The van der Waals surface area contributed by atoms with Gasteiger partial charge in [0.1, 0.15) is 0 Å². The normalized spacial score (nSPS) is 11.8. The first-order chi connectivity index (χ1) is 9.88. The number of hydrogen-bond acceptors (Lipinski definition) is 2. The summed E-state index contributed by atoms with van der Waals surface area (Å²) in [5.41, 5.74) is 3.24. The van der Waals surface area contributed by atoms with Gasteiger partial charge in [0.15, 0.2) is 0 Å². The van der Waals surface area contributed by atoms with E-state index < -0.39 is 10.0 Å². The fourth-order valence-corrected chi connectivity index (χ4v) is 3.02. The van der Waals surface area contributed by atoms with Gasteiger partial charge in [0.05, 0.1) is 4.90 Å². The minimum absolute atomic E-state index is 0.300. The highest BCUT2D eigenvalue weighted by molar-refractivity contribution is 7.89. The van der Waals surface area contributed by atoms with Crippen molar-refractivity contribution < 1.29 is 8.42 Å². The third-order valence-electron chi connectivity index (χ3n) is 3.44. The molecule has 0 aliphatic heterocycles. The van der Waals surface area contributed by atoms with Crippen molar-refractivity contribution >= 4 is 10.0 Å².